The highest BCUT2D eigenvalue weighted by Crippen LogP contribution is 2.15. The van der Waals surface area contributed by atoms with Gasteiger partial charge < -0.3 is 5.32 Å². The number of rotatable bonds is 3. The summed E-state index contributed by atoms with van der Waals surface area (Å²) in [7, 11) is 0. The Bertz CT molecular complexity index is 675. The smallest absolute Gasteiger partial charge is 0.138 e. The van der Waals surface area contributed by atoms with Gasteiger partial charge in [-0.1, -0.05) is 34.1 Å². The fourth-order valence-corrected chi connectivity index (χ4v) is 2.38. The van der Waals surface area contributed by atoms with E-state index in [1.165, 1.54) is 5.56 Å². The van der Waals surface area contributed by atoms with E-state index in [1.807, 2.05) is 40.9 Å². The second-order valence-corrected chi connectivity index (χ2v) is 4.97. The van der Waals surface area contributed by atoms with E-state index in [-0.39, 0.29) is 0 Å². The van der Waals surface area contributed by atoms with Crippen LogP contribution in [0.1, 0.15) is 5.56 Å². The van der Waals surface area contributed by atoms with Gasteiger partial charge in [-0.3, -0.25) is 4.40 Å². The van der Waals surface area contributed by atoms with Gasteiger partial charge in [0, 0.05) is 23.4 Å². The van der Waals surface area contributed by atoms with Gasteiger partial charge in [0.05, 0.1) is 0 Å². The Labute approximate surface area is 114 Å². The zero-order valence-corrected chi connectivity index (χ0v) is 11.3. The molecule has 2 heterocycles. The van der Waals surface area contributed by atoms with Crippen LogP contribution in [0.5, 0.6) is 0 Å². The first-order valence-electron chi connectivity index (χ1n) is 5.73. The molecule has 0 spiro atoms. The maximum atomic E-state index is 4.26. The molecule has 0 saturated heterocycles. The van der Waals surface area contributed by atoms with Crippen molar-refractivity contribution in [2.75, 3.05) is 5.32 Å². The molecule has 0 bridgehead atoms. The molecule has 0 fully saturated rings. The van der Waals surface area contributed by atoms with Crippen LogP contribution in [0, 0.1) is 0 Å². The van der Waals surface area contributed by atoms with Crippen molar-refractivity contribution in [3.63, 3.8) is 0 Å². The fraction of sp³-hybridized carbons (Fsp3) is 0.0714. The van der Waals surface area contributed by atoms with E-state index < -0.39 is 0 Å². The number of hydrogen-bond acceptors (Lipinski definition) is 2. The molecule has 0 aliphatic heterocycles. The highest BCUT2D eigenvalue weighted by molar-refractivity contribution is 9.10. The molecule has 2 aromatic heterocycles. The number of hydrogen-bond donors (Lipinski definition) is 1. The van der Waals surface area contributed by atoms with Gasteiger partial charge in [0.15, 0.2) is 0 Å². The van der Waals surface area contributed by atoms with Crippen LogP contribution in [0.25, 0.3) is 5.65 Å². The third kappa shape index (κ3) is 2.24. The van der Waals surface area contributed by atoms with E-state index in [2.05, 4.69) is 38.4 Å². The lowest BCUT2D eigenvalue weighted by Gasteiger charge is -2.09. The molecule has 1 N–H and O–H groups in total. The van der Waals surface area contributed by atoms with Crippen LogP contribution >= 0.6 is 15.9 Å². The SMILES string of the molecule is Brc1cccc(CNc2cccc3nccn23)c1. The van der Waals surface area contributed by atoms with Crippen LogP contribution in [-0.4, -0.2) is 9.38 Å². The minimum Gasteiger partial charge on any atom is -0.367 e. The highest BCUT2D eigenvalue weighted by Gasteiger charge is 2.00. The Morgan fingerprint density at radius 1 is 1.17 bits per heavy atom. The molecule has 0 unspecified atom stereocenters. The van der Waals surface area contributed by atoms with Gasteiger partial charge in [0.2, 0.25) is 0 Å². The van der Waals surface area contributed by atoms with Crippen LogP contribution < -0.4 is 5.32 Å². The molecule has 1 aromatic carbocycles. The van der Waals surface area contributed by atoms with Crippen molar-refractivity contribution in [3.05, 3.63) is 64.9 Å². The van der Waals surface area contributed by atoms with E-state index >= 15 is 0 Å². The molecule has 0 amide bonds. The number of benzene rings is 1. The Kier molecular flexibility index (Phi) is 3.02. The third-order valence-electron chi connectivity index (χ3n) is 2.79. The number of nitrogens with zero attached hydrogens (tertiary/aromatic N) is 2. The van der Waals surface area contributed by atoms with Crippen LogP contribution in [-0.2, 0) is 6.54 Å². The van der Waals surface area contributed by atoms with Crippen LogP contribution in [0.2, 0.25) is 0 Å². The maximum Gasteiger partial charge on any atom is 0.138 e. The van der Waals surface area contributed by atoms with E-state index in [9.17, 15) is 0 Å². The lowest BCUT2D eigenvalue weighted by atomic mass is 10.2. The molecular formula is C14H12BrN3. The van der Waals surface area contributed by atoms with Gasteiger partial charge in [0.25, 0.3) is 0 Å². The Morgan fingerprint density at radius 3 is 2.94 bits per heavy atom. The first-order chi connectivity index (χ1) is 8.83. The van der Waals surface area contributed by atoms with Gasteiger partial charge in [-0.05, 0) is 29.8 Å². The summed E-state index contributed by atoms with van der Waals surface area (Å²) >= 11 is 3.48. The van der Waals surface area contributed by atoms with Crippen molar-refractivity contribution in [3.8, 4) is 0 Å². The van der Waals surface area contributed by atoms with Crippen molar-refractivity contribution in [1.82, 2.24) is 9.38 Å². The Balaban J connectivity index is 1.83. The average molecular weight is 302 g/mol. The lowest BCUT2D eigenvalue weighted by Crippen LogP contribution is -2.03. The standard InChI is InChI=1S/C14H12BrN3/c15-12-4-1-3-11(9-12)10-17-14-6-2-5-13-16-7-8-18(13)14/h1-9,17H,10H2. The fourth-order valence-electron chi connectivity index (χ4n) is 1.93. The van der Waals surface area contributed by atoms with Gasteiger partial charge >= 0.3 is 0 Å². The summed E-state index contributed by atoms with van der Waals surface area (Å²) in [6.07, 6.45) is 3.76. The number of fused-ring (bicyclic) bond motifs is 1. The maximum absolute atomic E-state index is 4.26. The molecule has 0 aliphatic rings. The zero-order valence-electron chi connectivity index (χ0n) is 9.68. The van der Waals surface area contributed by atoms with Crippen molar-refractivity contribution in [2.24, 2.45) is 0 Å². The van der Waals surface area contributed by atoms with Crippen LogP contribution in [0.3, 0.4) is 0 Å². The van der Waals surface area contributed by atoms with Crippen molar-refractivity contribution < 1.29 is 0 Å². The average Bonchev–Trinajstić information content (AvgIpc) is 2.85. The summed E-state index contributed by atoms with van der Waals surface area (Å²) in [6, 6.07) is 14.3. The number of halogens is 1. The third-order valence-corrected chi connectivity index (χ3v) is 3.28. The van der Waals surface area contributed by atoms with Gasteiger partial charge in [-0.2, -0.15) is 0 Å². The molecular weight excluding hydrogens is 290 g/mol. The second-order valence-electron chi connectivity index (χ2n) is 4.05. The first-order valence-corrected chi connectivity index (χ1v) is 6.53. The number of aromatic nitrogens is 2. The van der Waals surface area contributed by atoms with E-state index in [4.69, 9.17) is 0 Å². The molecule has 0 radical (unpaired) electrons. The number of nitrogens with one attached hydrogen (secondary N) is 1. The Morgan fingerprint density at radius 2 is 2.06 bits per heavy atom. The minimum atomic E-state index is 0.788. The zero-order chi connectivity index (χ0) is 12.4. The molecule has 3 nitrogen and oxygen atoms in total. The molecule has 3 rings (SSSR count). The largest absolute Gasteiger partial charge is 0.367 e. The molecule has 90 valence electrons. The van der Waals surface area contributed by atoms with Gasteiger partial charge in [0.1, 0.15) is 11.5 Å². The quantitative estimate of drug-likeness (QED) is 0.799. The summed E-state index contributed by atoms with van der Waals surface area (Å²) < 4.78 is 3.14. The summed E-state index contributed by atoms with van der Waals surface area (Å²) in [5, 5.41) is 3.42. The first kappa shape index (κ1) is 11.3. The molecule has 0 atom stereocenters. The van der Waals surface area contributed by atoms with Gasteiger partial charge in [-0.15, -0.1) is 0 Å². The van der Waals surface area contributed by atoms with Gasteiger partial charge in [-0.25, -0.2) is 4.98 Å². The number of pyridine rings is 1. The lowest BCUT2D eigenvalue weighted by molar-refractivity contribution is 1.07. The molecule has 4 heteroatoms. The van der Waals surface area contributed by atoms with Crippen molar-refractivity contribution in [1.29, 1.82) is 0 Å². The van der Waals surface area contributed by atoms with E-state index in [0.717, 1.165) is 22.5 Å². The van der Waals surface area contributed by atoms with E-state index in [0.29, 0.717) is 0 Å². The normalized spacial score (nSPS) is 10.7. The van der Waals surface area contributed by atoms with Crippen LogP contribution in [0.4, 0.5) is 5.82 Å². The molecule has 0 saturated carbocycles. The van der Waals surface area contributed by atoms with Crippen LogP contribution in [0.15, 0.2) is 59.3 Å². The summed E-state index contributed by atoms with van der Waals surface area (Å²) in [5.74, 6) is 1.05. The Hall–Kier alpha value is -1.81. The molecule has 0 aliphatic carbocycles. The predicted octanol–water partition coefficient (Wildman–Crippen LogP) is 3.71. The molecule has 18 heavy (non-hydrogen) atoms. The second kappa shape index (κ2) is 4.82. The highest BCUT2D eigenvalue weighted by atomic mass is 79.9. The molecule has 3 aromatic rings. The summed E-state index contributed by atoms with van der Waals surface area (Å²) in [6.45, 7) is 0.788. The van der Waals surface area contributed by atoms with Crippen molar-refractivity contribution in [2.45, 2.75) is 6.54 Å². The van der Waals surface area contributed by atoms with E-state index in [1.54, 1.807) is 6.20 Å². The summed E-state index contributed by atoms with van der Waals surface area (Å²) in [5.41, 5.74) is 2.19. The number of anilines is 1. The summed E-state index contributed by atoms with van der Waals surface area (Å²) in [4.78, 5) is 4.26. The monoisotopic (exact) mass is 301 g/mol. The topological polar surface area (TPSA) is 29.3 Å². The minimum absolute atomic E-state index is 0.788. The van der Waals surface area contributed by atoms with Crippen molar-refractivity contribution >= 4 is 27.4 Å². The number of imidazole rings is 1. The predicted molar refractivity (Wildman–Crippen MR) is 76.7 cm³/mol.